The molecule has 5 aromatic carbocycles. The third-order valence-electron chi connectivity index (χ3n) is 7.75. The van der Waals surface area contributed by atoms with E-state index in [4.69, 9.17) is 9.47 Å². The van der Waals surface area contributed by atoms with E-state index in [0.29, 0.717) is 33.4 Å². The smallest absolute Gasteiger partial charge is 0.272 e. The van der Waals surface area contributed by atoms with Crippen molar-refractivity contribution < 1.29 is 23.9 Å². The molecule has 11 heteroatoms. The van der Waals surface area contributed by atoms with Crippen LogP contribution in [0.5, 0.6) is 11.5 Å². The quantitative estimate of drug-likeness (QED) is 0.0805. The summed E-state index contributed by atoms with van der Waals surface area (Å²) >= 11 is 2.70. The molecular formula is C41H34N4O5S2. The number of thiazole rings is 1. The van der Waals surface area contributed by atoms with Gasteiger partial charge in [-0.2, -0.15) is 0 Å². The Bertz CT molecular complexity index is 2190. The predicted octanol–water partition coefficient (Wildman–Crippen LogP) is 8.71. The van der Waals surface area contributed by atoms with Gasteiger partial charge in [0.15, 0.2) is 16.6 Å². The largest absolute Gasteiger partial charge is 0.493 e. The fourth-order valence-electron chi connectivity index (χ4n) is 5.25. The maximum Gasteiger partial charge on any atom is 0.272 e. The van der Waals surface area contributed by atoms with Gasteiger partial charge in [0.2, 0.25) is 5.91 Å². The van der Waals surface area contributed by atoms with Gasteiger partial charge in [0.05, 0.1) is 19.9 Å². The molecule has 0 bridgehead atoms. The number of amides is 3. The van der Waals surface area contributed by atoms with Crippen LogP contribution in [-0.4, -0.2) is 36.9 Å². The summed E-state index contributed by atoms with van der Waals surface area (Å²) in [4.78, 5) is 46.3. The predicted molar refractivity (Wildman–Crippen MR) is 208 cm³/mol. The molecule has 0 radical (unpaired) electrons. The lowest BCUT2D eigenvalue weighted by atomic mass is 10.1. The summed E-state index contributed by atoms with van der Waals surface area (Å²) < 4.78 is 11.0. The highest BCUT2D eigenvalue weighted by Gasteiger charge is 2.24. The SMILES string of the molecule is COc1cccc(/C=C(/NC(=O)c2ccccc2)C(=O)Nc2cccc(SC(C(=O)Nc3nc(-c4ccccc4)cs3)c3ccccc3)c2)c1OC. The highest BCUT2D eigenvalue weighted by molar-refractivity contribution is 8.00. The first-order valence-corrected chi connectivity index (χ1v) is 17.9. The molecule has 3 amide bonds. The average Bonchev–Trinajstić information content (AvgIpc) is 3.66. The third kappa shape index (κ3) is 8.94. The summed E-state index contributed by atoms with van der Waals surface area (Å²) in [5.41, 5.74) is 3.92. The number of nitrogens with zero attached hydrogens (tertiary/aromatic N) is 1. The van der Waals surface area contributed by atoms with Gasteiger partial charge in [-0.15, -0.1) is 23.1 Å². The Kier molecular flexibility index (Phi) is 11.8. The second kappa shape index (κ2) is 17.2. The number of nitrogens with one attached hydrogen (secondary N) is 3. The Morgan fingerprint density at radius 3 is 2.17 bits per heavy atom. The molecule has 1 atom stereocenters. The van der Waals surface area contributed by atoms with Crippen LogP contribution in [0, 0.1) is 0 Å². The molecule has 0 spiro atoms. The fourth-order valence-corrected chi connectivity index (χ4v) is 7.06. The minimum Gasteiger partial charge on any atom is -0.493 e. The molecule has 0 aliphatic carbocycles. The Hall–Kier alpha value is -6.17. The summed E-state index contributed by atoms with van der Waals surface area (Å²) in [5, 5.41) is 10.4. The standard InChI is InChI=1S/C41H34N4O5S2/c1-49-35-23-12-20-30(36(35)50-2)24-33(43-38(46)29-18-10-5-11-19-29)39(47)42-31-21-13-22-32(25-31)52-37(28-16-8-4-9-17-28)40(48)45-41-44-34(26-51-41)27-14-6-3-7-15-27/h3-26,37H,1-2H3,(H,42,47)(H,43,46)(H,44,45,48)/b33-24+. The van der Waals surface area contributed by atoms with Gasteiger partial charge in [-0.3, -0.25) is 14.4 Å². The third-order valence-corrected chi connectivity index (χ3v) is 9.76. The summed E-state index contributed by atoms with van der Waals surface area (Å²) in [7, 11) is 3.02. The van der Waals surface area contributed by atoms with Crippen LogP contribution in [0.25, 0.3) is 17.3 Å². The number of para-hydroxylation sites is 1. The highest BCUT2D eigenvalue weighted by Crippen LogP contribution is 2.38. The fraction of sp³-hybridized carbons (Fsp3) is 0.0732. The molecule has 9 nitrogen and oxygen atoms in total. The van der Waals surface area contributed by atoms with Crippen molar-refractivity contribution in [3.63, 3.8) is 0 Å². The van der Waals surface area contributed by atoms with E-state index in [9.17, 15) is 14.4 Å². The molecular weight excluding hydrogens is 693 g/mol. The van der Waals surface area contributed by atoms with Crippen molar-refractivity contribution in [2.45, 2.75) is 10.1 Å². The van der Waals surface area contributed by atoms with E-state index in [1.165, 1.54) is 43.4 Å². The maximum absolute atomic E-state index is 13.9. The molecule has 6 aromatic rings. The molecule has 0 saturated carbocycles. The van der Waals surface area contributed by atoms with Crippen molar-refractivity contribution in [3.8, 4) is 22.8 Å². The van der Waals surface area contributed by atoms with Crippen molar-refractivity contribution in [1.29, 1.82) is 0 Å². The molecule has 1 heterocycles. The molecule has 0 fully saturated rings. The topological polar surface area (TPSA) is 119 Å². The first kappa shape index (κ1) is 35.6. The van der Waals surface area contributed by atoms with E-state index in [1.54, 1.807) is 66.7 Å². The molecule has 0 aliphatic heterocycles. The second-order valence-electron chi connectivity index (χ2n) is 11.2. The normalized spacial score (nSPS) is 11.6. The van der Waals surface area contributed by atoms with Gasteiger partial charge in [0, 0.05) is 32.7 Å². The Morgan fingerprint density at radius 1 is 0.769 bits per heavy atom. The van der Waals surface area contributed by atoms with E-state index in [1.807, 2.05) is 72.1 Å². The minimum absolute atomic E-state index is 0.0154. The van der Waals surface area contributed by atoms with Gasteiger partial charge < -0.3 is 25.4 Å². The number of methoxy groups -OCH3 is 2. The van der Waals surface area contributed by atoms with Crippen molar-refractivity contribution in [2.24, 2.45) is 0 Å². The van der Waals surface area contributed by atoms with Gasteiger partial charge in [0.25, 0.3) is 11.8 Å². The van der Waals surface area contributed by atoms with Gasteiger partial charge >= 0.3 is 0 Å². The number of aromatic nitrogens is 1. The zero-order valence-corrected chi connectivity index (χ0v) is 29.9. The number of thioether (sulfide) groups is 1. The zero-order chi connectivity index (χ0) is 36.3. The first-order valence-electron chi connectivity index (χ1n) is 16.2. The van der Waals surface area contributed by atoms with Gasteiger partial charge in [-0.05, 0) is 48.0 Å². The zero-order valence-electron chi connectivity index (χ0n) is 28.2. The summed E-state index contributed by atoms with van der Waals surface area (Å²) in [6.45, 7) is 0. The van der Waals surface area contributed by atoms with Crippen LogP contribution in [0.2, 0.25) is 0 Å². The molecule has 260 valence electrons. The molecule has 6 rings (SSSR count). The van der Waals surface area contributed by atoms with E-state index in [-0.39, 0.29) is 11.6 Å². The summed E-state index contributed by atoms with van der Waals surface area (Å²) in [6.07, 6.45) is 1.54. The number of carbonyl (C=O) groups is 3. The average molecular weight is 727 g/mol. The lowest BCUT2D eigenvalue weighted by molar-refractivity contribution is -0.116. The van der Waals surface area contributed by atoms with E-state index in [0.717, 1.165) is 21.7 Å². The molecule has 0 saturated heterocycles. The number of hydrogen-bond donors (Lipinski definition) is 3. The number of anilines is 2. The van der Waals surface area contributed by atoms with Crippen LogP contribution in [0.4, 0.5) is 10.8 Å². The van der Waals surface area contributed by atoms with Crippen molar-refractivity contribution in [3.05, 3.63) is 161 Å². The summed E-state index contributed by atoms with van der Waals surface area (Å²) in [6, 6.07) is 40.3. The molecule has 0 aliphatic rings. The van der Waals surface area contributed by atoms with Crippen molar-refractivity contribution in [1.82, 2.24) is 10.3 Å². The van der Waals surface area contributed by atoms with E-state index >= 15 is 0 Å². The number of ether oxygens (including phenoxy) is 2. The maximum atomic E-state index is 13.9. The van der Waals surface area contributed by atoms with Crippen LogP contribution >= 0.6 is 23.1 Å². The van der Waals surface area contributed by atoms with E-state index in [2.05, 4.69) is 20.9 Å². The van der Waals surface area contributed by atoms with Crippen molar-refractivity contribution >= 4 is 57.7 Å². The second-order valence-corrected chi connectivity index (χ2v) is 13.3. The molecule has 3 N–H and O–H groups in total. The van der Waals surface area contributed by atoms with Crippen molar-refractivity contribution in [2.75, 3.05) is 24.9 Å². The number of benzene rings is 5. The molecule has 1 aromatic heterocycles. The van der Waals surface area contributed by atoms with Crippen LogP contribution in [0.3, 0.4) is 0 Å². The Balaban J connectivity index is 1.24. The number of rotatable bonds is 13. The van der Waals surface area contributed by atoms with Gasteiger partial charge in [-0.1, -0.05) is 97.1 Å². The van der Waals surface area contributed by atoms with Gasteiger partial charge in [-0.25, -0.2) is 4.98 Å². The Morgan fingerprint density at radius 2 is 1.46 bits per heavy atom. The highest BCUT2D eigenvalue weighted by atomic mass is 32.2. The number of carbonyl (C=O) groups excluding carboxylic acids is 3. The van der Waals surface area contributed by atoms with Crippen LogP contribution in [0.1, 0.15) is 26.7 Å². The van der Waals surface area contributed by atoms with E-state index < -0.39 is 17.1 Å². The first-order chi connectivity index (χ1) is 25.4. The summed E-state index contributed by atoms with van der Waals surface area (Å²) in [5.74, 6) is -0.381. The van der Waals surface area contributed by atoms with Crippen LogP contribution in [0.15, 0.2) is 149 Å². The van der Waals surface area contributed by atoms with Crippen LogP contribution < -0.4 is 25.4 Å². The Labute approximate surface area is 309 Å². The molecule has 52 heavy (non-hydrogen) atoms. The molecule has 1 unspecified atom stereocenters. The van der Waals surface area contributed by atoms with Crippen LogP contribution in [-0.2, 0) is 9.59 Å². The monoisotopic (exact) mass is 726 g/mol. The lowest BCUT2D eigenvalue weighted by Crippen LogP contribution is -2.30. The van der Waals surface area contributed by atoms with Gasteiger partial charge in [0.1, 0.15) is 10.9 Å². The number of hydrogen-bond acceptors (Lipinski definition) is 8. The lowest BCUT2D eigenvalue weighted by Gasteiger charge is -2.17. The minimum atomic E-state index is -0.627.